The molecular formula is C13H24F3NO2. The molecule has 6 heteroatoms. The number of ether oxygens (including phenoxy) is 1. The summed E-state index contributed by atoms with van der Waals surface area (Å²) < 4.78 is 42.8. The van der Waals surface area contributed by atoms with E-state index in [2.05, 4.69) is 0 Å². The summed E-state index contributed by atoms with van der Waals surface area (Å²) in [4.78, 5) is 11.7. The third-order valence-corrected chi connectivity index (χ3v) is 2.83. The molecule has 0 aliphatic carbocycles. The van der Waals surface area contributed by atoms with Crippen LogP contribution in [-0.2, 0) is 9.53 Å². The zero-order chi connectivity index (χ0) is 15.1. The van der Waals surface area contributed by atoms with E-state index in [1.165, 1.54) is 0 Å². The van der Waals surface area contributed by atoms with Crippen LogP contribution in [0.15, 0.2) is 0 Å². The molecule has 0 fully saturated rings. The lowest BCUT2D eigenvalue weighted by Crippen LogP contribution is -2.47. The van der Waals surface area contributed by atoms with E-state index in [9.17, 15) is 18.0 Å². The SMILES string of the molecule is CCCCCC[C@H](C(=O)OC(C)C)[C@H](N)C(F)(F)F. The van der Waals surface area contributed by atoms with Gasteiger partial charge in [0.1, 0.15) is 6.04 Å². The molecule has 2 N–H and O–H groups in total. The van der Waals surface area contributed by atoms with Gasteiger partial charge in [-0.1, -0.05) is 32.6 Å². The number of rotatable bonds is 8. The minimum Gasteiger partial charge on any atom is -0.463 e. The van der Waals surface area contributed by atoms with Crippen LogP contribution < -0.4 is 5.73 Å². The maximum atomic E-state index is 12.6. The van der Waals surface area contributed by atoms with Gasteiger partial charge in [0.2, 0.25) is 0 Å². The second-order valence-electron chi connectivity index (χ2n) is 5.01. The molecule has 2 atom stereocenters. The third-order valence-electron chi connectivity index (χ3n) is 2.83. The van der Waals surface area contributed by atoms with Crippen LogP contribution >= 0.6 is 0 Å². The van der Waals surface area contributed by atoms with Crippen LogP contribution in [0.4, 0.5) is 13.2 Å². The molecule has 0 saturated heterocycles. The Morgan fingerprint density at radius 1 is 1.21 bits per heavy atom. The number of carbonyl (C=O) groups excluding carboxylic acids is 1. The average molecular weight is 283 g/mol. The number of halogens is 3. The molecule has 0 amide bonds. The summed E-state index contributed by atoms with van der Waals surface area (Å²) in [7, 11) is 0. The van der Waals surface area contributed by atoms with Crippen LogP contribution in [0.5, 0.6) is 0 Å². The monoisotopic (exact) mass is 283 g/mol. The van der Waals surface area contributed by atoms with Crippen molar-refractivity contribution >= 4 is 5.97 Å². The van der Waals surface area contributed by atoms with E-state index >= 15 is 0 Å². The molecule has 0 saturated carbocycles. The summed E-state index contributed by atoms with van der Waals surface area (Å²) in [6.07, 6.45) is -1.63. The molecule has 114 valence electrons. The molecule has 0 rings (SSSR count). The highest BCUT2D eigenvalue weighted by Gasteiger charge is 2.45. The lowest BCUT2D eigenvalue weighted by Gasteiger charge is -2.25. The normalized spacial score (nSPS) is 15.4. The van der Waals surface area contributed by atoms with Crippen LogP contribution in [0.25, 0.3) is 0 Å². The maximum Gasteiger partial charge on any atom is 0.404 e. The van der Waals surface area contributed by atoms with Crippen LogP contribution in [-0.4, -0.2) is 24.3 Å². The minimum absolute atomic E-state index is 0.117. The van der Waals surface area contributed by atoms with Crippen LogP contribution in [0, 0.1) is 5.92 Å². The largest absolute Gasteiger partial charge is 0.463 e. The van der Waals surface area contributed by atoms with Gasteiger partial charge in [0, 0.05) is 0 Å². The molecule has 0 radical (unpaired) electrons. The minimum atomic E-state index is -4.58. The number of nitrogens with two attached hydrogens (primary N) is 1. The fourth-order valence-corrected chi connectivity index (χ4v) is 1.78. The average Bonchev–Trinajstić information content (AvgIpc) is 2.26. The molecule has 0 bridgehead atoms. The standard InChI is InChI=1S/C13H24F3NO2/c1-4-5-6-7-8-10(11(17)13(14,15)16)12(18)19-9(2)3/h9-11H,4-8,17H2,1-3H3/t10-,11-/m0/s1. The van der Waals surface area contributed by atoms with Gasteiger partial charge in [-0.15, -0.1) is 0 Å². The van der Waals surface area contributed by atoms with Crippen molar-refractivity contribution < 1.29 is 22.7 Å². The zero-order valence-electron chi connectivity index (χ0n) is 11.8. The highest BCUT2D eigenvalue weighted by Crippen LogP contribution is 2.28. The second-order valence-corrected chi connectivity index (χ2v) is 5.01. The van der Waals surface area contributed by atoms with E-state index in [0.29, 0.717) is 6.42 Å². The quantitative estimate of drug-likeness (QED) is 0.548. The second kappa shape index (κ2) is 8.40. The summed E-state index contributed by atoms with van der Waals surface area (Å²) in [5.74, 6) is -2.16. The predicted octanol–water partition coefficient (Wildman–Crippen LogP) is 3.41. The van der Waals surface area contributed by atoms with Crippen molar-refractivity contribution in [1.29, 1.82) is 0 Å². The Labute approximate surface area is 112 Å². The maximum absolute atomic E-state index is 12.6. The molecule has 19 heavy (non-hydrogen) atoms. The van der Waals surface area contributed by atoms with E-state index < -0.39 is 30.2 Å². The van der Waals surface area contributed by atoms with Gasteiger partial charge in [0.15, 0.2) is 0 Å². The highest BCUT2D eigenvalue weighted by molar-refractivity contribution is 5.73. The van der Waals surface area contributed by atoms with Gasteiger partial charge in [0.05, 0.1) is 12.0 Å². The topological polar surface area (TPSA) is 52.3 Å². The van der Waals surface area contributed by atoms with Crippen LogP contribution in [0.3, 0.4) is 0 Å². The Morgan fingerprint density at radius 3 is 2.21 bits per heavy atom. The summed E-state index contributed by atoms with van der Waals surface area (Å²) >= 11 is 0. The van der Waals surface area contributed by atoms with E-state index in [1.54, 1.807) is 13.8 Å². The van der Waals surface area contributed by atoms with Gasteiger partial charge in [-0.3, -0.25) is 4.79 Å². The molecule has 0 aliphatic heterocycles. The molecule has 0 aromatic carbocycles. The Balaban J connectivity index is 4.59. The Morgan fingerprint density at radius 2 is 1.79 bits per heavy atom. The first-order valence-electron chi connectivity index (χ1n) is 6.72. The predicted molar refractivity (Wildman–Crippen MR) is 67.5 cm³/mol. The zero-order valence-corrected chi connectivity index (χ0v) is 11.8. The van der Waals surface area contributed by atoms with Gasteiger partial charge in [-0.05, 0) is 20.3 Å². The van der Waals surface area contributed by atoms with Crippen molar-refractivity contribution in [2.45, 2.75) is 71.2 Å². The Hall–Kier alpha value is -0.780. The van der Waals surface area contributed by atoms with E-state index in [0.717, 1.165) is 19.3 Å². The summed E-state index contributed by atoms with van der Waals surface area (Å²) in [6, 6.07) is -2.15. The van der Waals surface area contributed by atoms with Crippen LogP contribution in [0.1, 0.15) is 52.9 Å². The third kappa shape index (κ3) is 7.40. The van der Waals surface area contributed by atoms with E-state index in [4.69, 9.17) is 10.5 Å². The molecular weight excluding hydrogens is 259 g/mol. The van der Waals surface area contributed by atoms with E-state index in [1.807, 2.05) is 6.92 Å². The summed E-state index contributed by atoms with van der Waals surface area (Å²) in [5.41, 5.74) is 5.16. The van der Waals surface area contributed by atoms with Crippen molar-refractivity contribution in [3.8, 4) is 0 Å². The van der Waals surface area contributed by atoms with Gasteiger partial charge < -0.3 is 10.5 Å². The number of alkyl halides is 3. The summed E-state index contributed by atoms with van der Waals surface area (Å²) in [5, 5.41) is 0. The van der Waals surface area contributed by atoms with Gasteiger partial charge >= 0.3 is 12.1 Å². The lowest BCUT2D eigenvalue weighted by atomic mass is 9.93. The van der Waals surface area contributed by atoms with E-state index in [-0.39, 0.29) is 6.42 Å². The molecule has 0 unspecified atom stereocenters. The number of esters is 1. The van der Waals surface area contributed by atoms with Gasteiger partial charge in [-0.25, -0.2) is 0 Å². The Kier molecular flexibility index (Phi) is 8.06. The molecule has 0 aromatic rings. The number of hydrogen-bond donors (Lipinski definition) is 1. The van der Waals surface area contributed by atoms with Crippen molar-refractivity contribution in [1.82, 2.24) is 0 Å². The molecule has 0 heterocycles. The summed E-state index contributed by atoms with van der Waals surface area (Å²) in [6.45, 7) is 5.21. The molecule has 3 nitrogen and oxygen atoms in total. The number of hydrogen-bond acceptors (Lipinski definition) is 3. The first kappa shape index (κ1) is 18.2. The highest BCUT2D eigenvalue weighted by atomic mass is 19.4. The molecule has 0 aliphatic rings. The van der Waals surface area contributed by atoms with Crippen LogP contribution in [0.2, 0.25) is 0 Å². The molecule has 0 spiro atoms. The number of carbonyl (C=O) groups is 1. The lowest BCUT2D eigenvalue weighted by molar-refractivity contribution is -0.179. The van der Waals surface area contributed by atoms with Crippen molar-refractivity contribution in [3.05, 3.63) is 0 Å². The van der Waals surface area contributed by atoms with Crippen molar-refractivity contribution in [3.63, 3.8) is 0 Å². The fourth-order valence-electron chi connectivity index (χ4n) is 1.78. The molecule has 0 aromatic heterocycles. The van der Waals surface area contributed by atoms with Crippen molar-refractivity contribution in [2.24, 2.45) is 11.7 Å². The first-order chi connectivity index (χ1) is 8.70. The smallest absolute Gasteiger partial charge is 0.404 e. The fraction of sp³-hybridized carbons (Fsp3) is 0.923. The van der Waals surface area contributed by atoms with Crippen molar-refractivity contribution in [2.75, 3.05) is 0 Å². The first-order valence-corrected chi connectivity index (χ1v) is 6.72. The van der Waals surface area contributed by atoms with Gasteiger partial charge in [0.25, 0.3) is 0 Å². The Bertz CT molecular complexity index is 267. The van der Waals surface area contributed by atoms with Gasteiger partial charge in [-0.2, -0.15) is 13.2 Å². The number of unbranched alkanes of at least 4 members (excludes halogenated alkanes) is 3.